The van der Waals surface area contributed by atoms with E-state index in [0.717, 1.165) is 21.4 Å². The summed E-state index contributed by atoms with van der Waals surface area (Å²) in [5.74, 6) is -0.276. The van der Waals surface area contributed by atoms with E-state index in [1.165, 1.54) is 12.1 Å². The zero-order chi connectivity index (χ0) is 19.1. The average molecular weight is 426 g/mol. The molecular weight excluding hydrogens is 403 g/mol. The van der Waals surface area contributed by atoms with E-state index in [4.69, 9.17) is 4.74 Å². The van der Waals surface area contributed by atoms with Crippen LogP contribution in [0.2, 0.25) is 0 Å². The third kappa shape index (κ3) is 4.06. The highest BCUT2D eigenvalue weighted by Crippen LogP contribution is 2.22. The first kappa shape index (κ1) is 18.8. The molecule has 26 heavy (non-hydrogen) atoms. The first-order chi connectivity index (χ1) is 12.1. The van der Waals surface area contributed by atoms with Gasteiger partial charge in [0.25, 0.3) is 0 Å². The smallest absolute Gasteiger partial charge is 0.410 e. The number of hydrogen-bond donors (Lipinski definition) is 0. The van der Waals surface area contributed by atoms with Crippen LogP contribution in [-0.2, 0) is 31.3 Å². The van der Waals surface area contributed by atoms with Crippen molar-refractivity contribution in [3.8, 4) is 0 Å². The van der Waals surface area contributed by atoms with Crippen molar-refractivity contribution in [1.82, 2.24) is 14.8 Å². The number of nitrogens with zero attached hydrogens (tertiary/aromatic N) is 4. The van der Waals surface area contributed by atoms with Crippen molar-refractivity contribution in [3.63, 3.8) is 0 Å². The Morgan fingerprint density at radius 3 is 2.81 bits per heavy atom. The predicted octanol–water partition coefficient (Wildman–Crippen LogP) is 2.95. The van der Waals surface area contributed by atoms with Gasteiger partial charge >= 0.3 is 6.09 Å². The maximum Gasteiger partial charge on any atom is 0.410 e. The van der Waals surface area contributed by atoms with Crippen molar-refractivity contribution < 1.29 is 18.6 Å². The SMILES string of the molecule is C[n+]1nn(Cc2ccc(F)cc2Br)c2c1CN(C(=O)OC(C)(C)C)CC2. The number of fused-ring (bicyclic) bond motifs is 1. The lowest BCUT2D eigenvalue weighted by Crippen LogP contribution is -2.45. The van der Waals surface area contributed by atoms with Crippen LogP contribution in [0.4, 0.5) is 9.18 Å². The lowest BCUT2D eigenvalue weighted by Gasteiger charge is -2.28. The highest BCUT2D eigenvalue weighted by molar-refractivity contribution is 9.10. The molecule has 0 saturated heterocycles. The van der Waals surface area contributed by atoms with Gasteiger partial charge in [-0.05, 0) is 32.9 Å². The van der Waals surface area contributed by atoms with Gasteiger partial charge in [0.15, 0.2) is 11.4 Å². The van der Waals surface area contributed by atoms with E-state index in [9.17, 15) is 9.18 Å². The van der Waals surface area contributed by atoms with Gasteiger partial charge in [-0.2, -0.15) is 0 Å². The fraction of sp³-hybridized carbons (Fsp3) is 0.500. The molecule has 2 heterocycles. The van der Waals surface area contributed by atoms with E-state index >= 15 is 0 Å². The molecule has 0 spiro atoms. The lowest BCUT2D eigenvalue weighted by molar-refractivity contribution is -0.739. The predicted molar refractivity (Wildman–Crippen MR) is 97.0 cm³/mol. The summed E-state index contributed by atoms with van der Waals surface area (Å²) in [7, 11) is 1.87. The van der Waals surface area contributed by atoms with Crippen LogP contribution in [0.1, 0.15) is 37.7 Å². The summed E-state index contributed by atoms with van der Waals surface area (Å²) in [6, 6.07) is 4.65. The molecule has 0 unspecified atom stereocenters. The third-order valence-corrected chi connectivity index (χ3v) is 4.96. The quantitative estimate of drug-likeness (QED) is 0.694. The summed E-state index contributed by atoms with van der Waals surface area (Å²) in [4.78, 5) is 14.0. The second kappa shape index (κ2) is 6.98. The molecular formula is C18H23BrFN4O2+. The molecule has 1 aliphatic rings. The van der Waals surface area contributed by atoms with E-state index in [0.29, 0.717) is 26.1 Å². The number of rotatable bonds is 2. The molecule has 3 rings (SSSR count). The molecule has 2 aromatic rings. The second-order valence-corrected chi connectivity index (χ2v) is 8.31. The van der Waals surface area contributed by atoms with Gasteiger partial charge in [-0.15, -0.1) is 9.36 Å². The van der Waals surface area contributed by atoms with Crippen molar-refractivity contribution >= 4 is 22.0 Å². The molecule has 0 bridgehead atoms. The molecule has 140 valence electrons. The fourth-order valence-electron chi connectivity index (χ4n) is 2.99. The summed E-state index contributed by atoms with van der Waals surface area (Å²) in [6.07, 6.45) is 0.387. The van der Waals surface area contributed by atoms with E-state index in [-0.39, 0.29) is 11.9 Å². The monoisotopic (exact) mass is 425 g/mol. The Hall–Kier alpha value is -1.96. The number of hydrogen-bond acceptors (Lipinski definition) is 3. The number of aromatic nitrogens is 3. The highest BCUT2D eigenvalue weighted by Gasteiger charge is 2.34. The number of ether oxygens (including phenoxy) is 1. The van der Waals surface area contributed by atoms with Gasteiger partial charge in [0.05, 0.1) is 11.8 Å². The molecule has 0 N–H and O–H groups in total. The molecule has 1 aromatic heterocycles. The van der Waals surface area contributed by atoms with Crippen molar-refractivity contribution in [2.45, 2.75) is 45.9 Å². The molecule has 0 aliphatic carbocycles. The second-order valence-electron chi connectivity index (χ2n) is 7.45. The minimum absolute atomic E-state index is 0.276. The number of carbonyl (C=O) groups excluding carboxylic acids is 1. The number of aryl methyl sites for hydroxylation is 1. The largest absolute Gasteiger partial charge is 0.444 e. The summed E-state index contributed by atoms with van der Waals surface area (Å²) in [6.45, 7) is 7.16. The molecule has 0 fully saturated rings. The number of benzene rings is 1. The Morgan fingerprint density at radius 2 is 2.15 bits per heavy atom. The number of amides is 1. The van der Waals surface area contributed by atoms with E-state index in [1.807, 2.05) is 32.5 Å². The minimum atomic E-state index is -0.515. The van der Waals surface area contributed by atoms with Crippen LogP contribution in [0.15, 0.2) is 22.7 Å². The van der Waals surface area contributed by atoms with Gasteiger partial charge in [0.1, 0.15) is 25.0 Å². The molecule has 0 atom stereocenters. The van der Waals surface area contributed by atoms with Gasteiger partial charge in [-0.3, -0.25) is 4.90 Å². The Bertz CT molecular complexity index is 844. The molecule has 8 heteroatoms. The zero-order valence-corrected chi connectivity index (χ0v) is 17.0. The first-order valence-corrected chi connectivity index (χ1v) is 9.30. The van der Waals surface area contributed by atoms with Crippen LogP contribution in [0.3, 0.4) is 0 Å². The van der Waals surface area contributed by atoms with Crippen LogP contribution >= 0.6 is 15.9 Å². The lowest BCUT2D eigenvalue weighted by atomic mass is 10.1. The zero-order valence-electron chi connectivity index (χ0n) is 15.4. The average Bonchev–Trinajstić information content (AvgIpc) is 2.84. The van der Waals surface area contributed by atoms with Gasteiger partial charge in [-0.25, -0.2) is 9.18 Å². The summed E-state index contributed by atoms with van der Waals surface area (Å²) >= 11 is 3.41. The van der Waals surface area contributed by atoms with Crippen LogP contribution in [-0.4, -0.2) is 33.0 Å². The fourth-order valence-corrected chi connectivity index (χ4v) is 3.47. The summed E-state index contributed by atoms with van der Waals surface area (Å²) in [5.41, 5.74) is 2.51. The van der Waals surface area contributed by atoms with E-state index in [1.54, 1.807) is 15.6 Å². The van der Waals surface area contributed by atoms with Crippen LogP contribution in [0.25, 0.3) is 0 Å². The summed E-state index contributed by atoms with van der Waals surface area (Å²) < 4.78 is 23.2. The van der Waals surface area contributed by atoms with Crippen molar-refractivity contribution in [1.29, 1.82) is 0 Å². The van der Waals surface area contributed by atoms with Crippen LogP contribution in [0, 0.1) is 5.82 Å². The molecule has 1 aromatic carbocycles. The third-order valence-electron chi connectivity index (χ3n) is 4.22. The molecule has 1 aliphatic heterocycles. The van der Waals surface area contributed by atoms with E-state index < -0.39 is 5.60 Å². The van der Waals surface area contributed by atoms with Gasteiger partial charge in [-0.1, -0.05) is 22.0 Å². The Morgan fingerprint density at radius 1 is 1.42 bits per heavy atom. The first-order valence-electron chi connectivity index (χ1n) is 8.51. The Balaban J connectivity index is 1.80. The number of halogens is 2. The Labute approximate surface area is 160 Å². The maximum absolute atomic E-state index is 13.3. The van der Waals surface area contributed by atoms with Crippen molar-refractivity contribution in [2.24, 2.45) is 7.05 Å². The van der Waals surface area contributed by atoms with Crippen LogP contribution < -0.4 is 4.68 Å². The summed E-state index contributed by atoms with van der Waals surface area (Å²) in [5, 5.41) is 4.56. The Kier molecular flexibility index (Phi) is 5.05. The van der Waals surface area contributed by atoms with Gasteiger partial charge in [0, 0.05) is 23.0 Å². The molecule has 1 amide bonds. The van der Waals surface area contributed by atoms with Crippen molar-refractivity contribution in [3.05, 3.63) is 45.4 Å². The van der Waals surface area contributed by atoms with Crippen molar-refractivity contribution in [2.75, 3.05) is 6.54 Å². The normalized spacial score (nSPS) is 14.3. The van der Waals surface area contributed by atoms with Gasteiger partial charge in [0.2, 0.25) is 0 Å². The maximum atomic E-state index is 13.3. The standard InChI is InChI=1S/C18H23BrFN4O2/c1-18(2,3)26-17(25)23-8-7-15-16(11-23)22(4)21-24(15)10-12-5-6-13(20)9-14(12)19/h5-6,9H,7-8,10-11H2,1-4H3/q+1. The minimum Gasteiger partial charge on any atom is -0.444 e. The highest BCUT2D eigenvalue weighted by atomic mass is 79.9. The van der Waals surface area contributed by atoms with E-state index in [2.05, 4.69) is 21.1 Å². The molecule has 0 radical (unpaired) electrons. The molecule has 0 saturated carbocycles. The number of carbonyl (C=O) groups is 1. The molecule has 6 nitrogen and oxygen atoms in total. The van der Waals surface area contributed by atoms with Gasteiger partial charge < -0.3 is 4.74 Å². The van der Waals surface area contributed by atoms with Crippen LogP contribution in [0.5, 0.6) is 0 Å². The topological polar surface area (TPSA) is 51.2 Å².